The third-order valence-corrected chi connectivity index (χ3v) is 4.28. The van der Waals surface area contributed by atoms with Gasteiger partial charge in [0.25, 0.3) is 0 Å². The Morgan fingerprint density at radius 3 is 2.00 bits per heavy atom. The summed E-state index contributed by atoms with van der Waals surface area (Å²) in [6.07, 6.45) is 1.40. The molecule has 0 aromatic carbocycles. The van der Waals surface area contributed by atoms with E-state index in [9.17, 15) is 14.4 Å². The van der Waals surface area contributed by atoms with E-state index in [-0.39, 0.29) is 11.8 Å². The second kappa shape index (κ2) is 7.40. The van der Waals surface area contributed by atoms with Crippen LogP contribution in [0.25, 0.3) is 0 Å². The van der Waals surface area contributed by atoms with Crippen molar-refractivity contribution in [2.24, 2.45) is 0 Å². The molecule has 2 aliphatic heterocycles. The Balaban J connectivity index is 1.66. The minimum absolute atomic E-state index is 0.0788. The number of rotatable bonds is 4. The molecule has 0 N–H and O–H groups in total. The van der Waals surface area contributed by atoms with Gasteiger partial charge < -0.3 is 14.7 Å². The number of piperazine rings is 2. The molecule has 0 aromatic rings. The van der Waals surface area contributed by atoms with Gasteiger partial charge in [0.2, 0.25) is 18.2 Å². The number of carbonyl (C=O) groups excluding carboxylic acids is 3. The van der Waals surface area contributed by atoms with Gasteiger partial charge in [0.05, 0.1) is 0 Å². The third kappa shape index (κ3) is 4.42. The van der Waals surface area contributed by atoms with E-state index in [1.165, 1.54) is 0 Å². The van der Waals surface area contributed by atoms with Gasteiger partial charge >= 0.3 is 0 Å². The summed E-state index contributed by atoms with van der Waals surface area (Å²) in [6, 6.07) is 0. The van der Waals surface area contributed by atoms with Crippen LogP contribution in [0.3, 0.4) is 0 Å². The lowest BCUT2D eigenvalue weighted by Gasteiger charge is -2.35. The maximum Gasteiger partial charge on any atom is 0.223 e. The molecule has 0 bridgehead atoms. The minimum atomic E-state index is 0.0788. The fourth-order valence-electron chi connectivity index (χ4n) is 2.77. The van der Waals surface area contributed by atoms with Gasteiger partial charge in [-0.05, 0) is 0 Å². The van der Waals surface area contributed by atoms with E-state index in [2.05, 4.69) is 4.90 Å². The van der Waals surface area contributed by atoms with Gasteiger partial charge in [-0.3, -0.25) is 19.3 Å². The van der Waals surface area contributed by atoms with Crippen LogP contribution >= 0.6 is 0 Å². The van der Waals surface area contributed by atoms with Gasteiger partial charge in [-0.25, -0.2) is 0 Å². The van der Waals surface area contributed by atoms with Crippen molar-refractivity contribution in [1.29, 1.82) is 0 Å². The molecule has 21 heavy (non-hydrogen) atoms. The zero-order chi connectivity index (χ0) is 15.2. The molecule has 0 unspecified atom stereocenters. The van der Waals surface area contributed by atoms with Crippen molar-refractivity contribution < 1.29 is 14.4 Å². The first-order chi connectivity index (χ1) is 10.1. The van der Waals surface area contributed by atoms with Crippen LogP contribution in [0.15, 0.2) is 0 Å². The normalized spacial score (nSPS) is 20.5. The van der Waals surface area contributed by atoms with E-state index >= 15 is 0 Å². The lowest BCUT2D eigenvalue weighted by molar-refractivity contribution is -0.138. The fourth-order valence-corrected chi connectivity index (χ4v) is 2.77. The summed E-state index contributed by atoms with van der Waals surface area (Å²) in [7, 11) is 0. The van der Waals surface area contributed by atoms with Crippen molar-refractivity contribution in [3.05, 3.63) is 0 Å². The summed E-state index contributed by atoms with van der Waals surface area (Å²) in [5.74, 6) is 0.242. The molecule has 0 saturated carbocycles. The first-order valence-corrected chi connectivity index (χ1v) is 7.55. The van der Waals surface area contributed by atoms with Crippen molar-refractivity contribution in [3.63, 3.8) is 0 Å². The Morgan fingerprint density at radius 1 is 0.905 bits per heavy atom. The van der Waals surface area contributed by atoms with E-state index < -0.39 is 0 Å². The predicted octanol–water partition coefficient (Wildman–Crippen LogP) is -1.16. The third-order valence-electron chi connectivity index (χ3n) is 4.28. The SMILES string of the molecule is CC(=O)N1CCN(C(=O)CCN2CCN(C=O)CC2)CC1. The van der Waals surface area contributed by atoms with Crippen LogP contribution in [-0.4, -0.2) is 96.7 Å². The smallest absolute Gasteiger partial charge is 0.223 e. The molecule has 3 amide bonds. The first kappa shape index (κ1) is 15.8. The standard InChI is InChI=1S/C14H24N4O3/c1-13(20)17-8-10-18(11-9-17)14(21)2-3-15-4-6-16(12-19)7-5-15/h12H,2-11H2,1H3. The van der Waals surface area contributed by atoms with Crippen molar-refractivity contribution in [2.45, 2.75) is 13.3 Å². The second-order valence-electron chi connectivity index (χ2n) is 5.62. The number of carbonyl (C=O) groups is 3. The van der Waals surface area contributed by atoms with E-state index in [1.54, 1.807) is 16.7 Å². The maximum absolute atomic E-state index is 12.2. The molecule has 2 saturated heterocycles. The lowest BCUT2D eigenvalue weighted by atomic mass is 10.2. The summed E-state index contributed by atoms with van der Waals surface area (Å²) < 4.78 is 0. The molecule has 0 spiro atoms. The van der Waals surface area contributed by atoms with Gasteiger partial charge in [0, 0.05) is 72.2 Å². The number of hydrogen-bond donors (Lipinski definition) is 0. The molecule has 0 radical (unpaired) electrons. The van der Waals surface area contributed by atoms with E-state index in [0.29, 0.717) is 32.6 Å². The average molecular weight is 296 g/mol. The summed E-state index contributed by atoms with van der Waals surface area (Å²) in [4.78, 5) is 41.7. The zero-order valence-electron chi connectivity index (χ0n) is 12.7. The number of amides is 3. The lowest BCUT2D eigenvalue weighted by Crippen LogP contribution is -2.51. The molecule has 7 heteroatoms. The molecule has 2 aliphatic rings. The van der Waals surface area contributed by atoms with E-state index in [1.807, 2.05) is 4.90 Å². The van der Waals surface area contributed by atoms with Gasteiger partial charge in [0.1, 0.15) is 0 Å². The number of hydrogen-bond acceptors (Lipinski definition) is 4. The number of nitrogens with zero attached hydrogens (tertiary/aromatic N) is 4. The molecule has 0 atom stereocenters. The summed E-state index contributed by atoms with van der Waals surface area (Å²) in [6.45, 7) is 8.03. The molecule has 0 aliphatic carbocycles. The predicted molar refractivity (Wildman–Crippen MR) is 77.5 cm³/mol. The van der Waals surface area contributed by atoms with E-state index in [4.69, 9.17) is 0 Å². The monoisotopic (exact) mass is 296 g/mol. The molecule has 7 nitrogen and oxygen atoms in total. The Bertz CT molecular complexity index is 386. The fraction of sp³-hybridized carbons (Fsp3) is 0.786. The van der Waals surface area contributed by atoms with Crippen LogP contribution < -0.4 is 0 Å². The molecule has 2 rings (SSSR count). The summed E-state index contributed by atoms with van der Waals surface area (Å²) in [5, 5.41) is 0. The largest absolute Gasteiger partial charge is 0.343 e. The molecular weight excluding hydrogens is 272 g/mol. The molecule has 0 aromatic heterocycles. The highest BCUT2D eigenvalue weighted by Gasteiger charge is 2.23. The highest BCUT2D eigenvalue weighted by molar-refractivity contribution is 5.77. The highest BCUT2D eigenvalue weighted by atomic mass is 16.2. The van der Waals surface area contributed by atoms with Crippen LogP contribution in [0, 0.1) is 0 Å². The Hall–Kier alpha value is -1.63. The van der Waals surface area contributed by atoms with Crippen LogP contribution in [0.5, 0.6) is 0 Å². The van der Waals surface area contributed by atoms with Crippen molar-refractivity contribution >= 4 is 18.2 Å². The summed E-state index contributed by atoms with van der Waals surface area (Å²) >= 11 is 0. The van der Waals surface area contributed by atoms with Crippen molar-refractivity contribution in [3.8, 4) is 0 Å². The van der Waals surface area contributed by atoms with Gasteiger partial charge in [-0.2, -0.15) is 0 Å². The molecule has 2 heterocycles. The first-order valence-electron chi connectivity index (χ1n) is 7.55. The van der Waals surface area contributed by atoms with Crippen LogP contribution in [0.1, 0.15) is 13.3 Å². The average Bonchev–Trinajstić information content (AvgIpc) is 2.53. The Morgan fingerprint density at radius 2 is 1.48 bits per heavy atom. The van der Waals surface area contributed by atoms with Crippen molar-refractivity contribution in [2.75, 3.05) is 58.9 Å². The van der Waals surface area contributed by atoms with Crippen LogP contribution in [0.4, 0.5) is 0 Å². The van der Waals surface area contributed by atoms with E-state index in [0.717, 1.165) is 39.1 Å². The summed E-state index contributed by atoms with van der Waals surface area (Å²) in [5.41, 5.74) is 0. The minimum Gasteiger partial charge on any atom is -0.343 e. The zero-order valence-corrected chi connectivity index (χ0v) is 12.7. The maximum atomic E-state index is 12.2. The molecule has 2 fully saturated rings. The topological polar surface area (TPSA) is 64.2 Å². The van der Waals surface area contributed by atoms with Crippen molar-refractivity contribution in [1.82, 2.24) is 19.6 Å². The van der Waals surface area contributed by atoms with Gasteiger partial charge in [-0.15, -0.1) is 0 Å². The molecular formula is C14H24N4O3. The Kier molecular flexibility index (Phi) is 5.55. The quantitative estimate of drug-likeness (QED) is 0.614. The highest BCUT2D eigenvalue weighted by Crippen LogP contribution is 2.06. The Labute approximate surface area is 125 Å². The molecule has 118 valence electrons. The van der Waals surface area contributed by atoms with Gasteiger partial charge in [0.15, 0.2) is 0 Å². The second-order valence-corrected chi connectivity index (χ2v) is 5.62. The van der Waals surface area contributed by atoms with Crippen LogP contribution in [-0.2, 0) is 14.4 Å². The van der Waals surface area contributed by atoms with Crippen LogP contribution in [0.2, 0.25) is 0 Å². The van der Waals surface area contributed by atoms with Gasteiger partial charge in [-0.1, -0.05) is 0 Å².